The molecule has 8 nitrogen and oxygen atoms in total. The first kappa shape index (κ1) is 12.9. The SMILES string of the molecule is Cc1ccc(-c2cc(C(=O)O)n3ncc(C(N)=O)c3n2)o1. The molecule has 0 aliphatic rings. The fraction of sp³-hybridized carbons (Fsp3) is 0.0769. The number of amides is 1. The van der Waals surface area contributed by atoms with Gasteiger partial charge in [0, 0.05) is 6.07 Å². The first-order valence-corrected chi connectivity index (χ1v) is 5.96. The van der Waals surface area contributed by atoms with Gasteiger partial charge in [-0.3, -0.25) is 4.79 Å². The molecular weight excluding hydrogens is 276 g/mol. The van der Waals surface area contributed by atoms with Crippen LogP contribution in [0.3, 0.4) is 0 Å². The topological polar surface area (TPSA) is 124 Å². The summed E-state index contributed by atoms with van der Waals surface area (Å²) in [6, 6.07) is 4.72. The van der Waals surface area contributed by atoms with Gasteiger partial charge < -0.3 is 15.3 Å². The fourth-order valence-corrected chi connectivity index (χ4v) is 1.99. The Labute approximate surface area is 117 Å². The number of rotatable bonds is 3. The third-order valence-corrected chi connectivity index (χ3v) is 2.95. The zero-order valence-electron chi connectivity index (χ0n) is 10.9. The van der Waals surface area contributed by atoms with Crippen LogP contribution in [0.25, 0.3) is 17.1 Å². The number of hydrogen-bond acceptors (Lipinski definition) is 5. The van der Waals surface area contributed by atoms with Crippen LogP contribution in [-0.4, -0.2) is 31.6 Å². The molecule has 0 aliphatic carbocycles. The Bertz CT molecular complexity index is 878. The summed E-state index contributed by atoms with van der Waals surface area (Å²) in [7, 11) is 0. The average Bonchev–Trinajstić information content (AvgIpc) is 3.03. The number of carbonyl (C=O) groups is 2. The van der Waals surface area contributed by atoms with Crippen LogP contribution in [0.15, 0.2) is 28.8 Å². The maximum absolute atomic E-state index is 11.4. The number of primary amides is 1. The molecule has 3 aromatic heterocycles. The van der Waals surface area contributed by atoms with Crippen molar-refractivity contribution in [1.29, 1.82) is 0 Å². The number of nitrogens with zero attached hydrogens (tertiary/aromatic N) is 3. The molecule has 0 saturated carbocycles. The van der Waals surface area contributed by atoms with Crippen molar-refractivity contribution in [2.45, 2.75) is 6.92 Å². The lowest BCUT2D eigenvalue weighted by atomic mass is 10.2. The zero-order valence-corrected chi connectivity index (χ0v) is 10.9. The number of fused-ring (bicyclic) bond motifs is 1. The first-order valence-electron chi connectivity index (χ1n) is 5.96. The van der Waals surface area contributed by atoms with Crippen molar-refractivity contribution >= 4 is 17.5 Å². The van der Waals surface area contributed by atoms with Gasteiger partial charge in [0.25, 0.3) is 5.91 Å². The summed E-state index contributed by atoms with van der Waals surface area (Å²) in [6.07, 6.45) is 1.19. The largest absolute Gasteiger partial charge is 0.477 e. The molecule has 106 valence electrons. The highest BCUT2D eigenvalue weighted by Crippen LogP contribution is 2.23. The van der Waals surface area contributed by atoms with Crippen LogP contribution >= 0.6 is 0 Å². The van der Waals surface area contributed by atoms with Crippen LogP contribution in [0.2, 0.25) is 0 Å². The monoisotopic (exact) mass is 286 g/mol. The summed E-state index contributed by atoms with van der Waals surface area (Å²) in [5.41, 5.74) is 5.51. The average molecular weight is 286 g/mol. The van der Waals surface area contributed by atoms with Gasteiger partial charge in [0.05, 0.1) is 6.20 Å². The highest BCUT2D eigenvalue weighted by molar-refractivity contribution is 5.99. The van der Waals surface area contributed by atoms with Crippen molar-refractivity contribution in [2.24, 2.45) is 5.73 Å². The number of carboxylic acids is 1. The molecule has 0 spiro atoms. The highest BCUT2D eigenvalue weighted by Gasteiger charge is 2.19. The van der Waals surface area contributed by atoms with Crippen LogP contribution in [0.5, 0.6) is 0 Å². The van der Waals surface area contributed by atoms with Gasteiger partial charge in [-0.25, -0.2) is 14.3 Å². The Kier molecular flexibility index (Phi) is 2.72. The standard InChI is InChI=1S/C13H10N4O4/c1-6-2-3-10(21-6)8-4-9(13(19)20)17-12(16-8)7(5-15-17)11(14)18/h2-5H,1H3,(H2,14,18)(H,19,20). The third-order valence-electron chi connectivity index (χ3n) is 2.95. The van der Waals surface area contributed by atoms with E-state index in [2.05, 4.69) is 10.1 Å². The lowest BCUT2D eigenvalue weighted by Crippen LogP contribution is -2.13. The van der Waals surface area contributed by atoms with E-state index in [1.54, 1.807) is 19.1 Å². The van der Waals surface area contributed by atoms with Crippen LogP contribution in [0, 0.1) is 6.92 Å². The summed E-state index contributed by atoms with van der Waals surface area (Å²) >= 11 is 0. The Morgan fingerprint density at radius 2 is 2.14 bits per heavy atom. The number of aromatic carboxylic acids is 1. The van der Waals surface area contributed by atoms with Gasteiger partial charge in [0.15, 0.2) is 17.1 Å². The van der Waals surface area contributed by atoms with Gasteiger partial charge in [-0.1, -0.05) is 0 Å². The Morgan fingerprint density at radius 3 is 2.71 bits per heavy atom. The molecular formula is C13H10N4O4. The molecule has 8 heteroatoms. The lowest BCUT2D eigenvalue weighted by Gasteiger charge is -2.03. The number of carbonyl (C=O) groups excluding carboxylic acids is 1. The summed E-state index contributed by atoms with van der Waals surface area (Å²) in [5.74, 6) is -0.881. The van der Waals surface area contributed by atoms with Crippen LogP contribution in [0.1, 0.15) is 26.6 Å². The van der Waals surface area contributed by atoms with Gasteiger partial charge in [0.1, 0.15) is 17.0 Å². The van der Waals surface area contributed by atoms with E-state index in [1.807, 2.05) is 0 Å². The Hall–Kier alpha value is -3.16. The summed E-state index contributed by atoms with van der Waals surface area (Å²) in [6.45, 7) is 1.76. The summed E-state index contributed by atoms with van der Waals surface area (Å²) < 4.78 is 6.49. The molecule has 0 aromatic carbocycles. The molecule has 3 heterocycles. The van der Waals surface area contributed by atoms with Gasteiger partial charge >= 0.3 is 5.97 Å². The third kappa shape index (κ3) is 2.02. The van der Waals surface area contributed by atoms with Crippen molar-refractivity contribution in [3.8, 4) is 11.5 Å². The Morgan fingerprint density at radius 1 is 1.38 bits per heavy atom. The van der Waals surface area contributed by atoms with Crippen molar-refractivity contribution in [3.63, 3.8) is 0 Å². The Balaban J connectivity index is 2.34. The number of aromatic nitrogens is 3. The van der Waals surface area contributed by atoms with Gasteiger partial charge in [0.2, 0.25) is 0 Å². The lowest BCUT2D eigenvalue weighted by molar-refractivity contribution is 0.0687. The van der Waals surface area contributed by atoms with E-state index in [0.717, 1.165) is 4.52 Å². The van der Waals surface area contributed by atoms with E-state index in [4.69, 9.17) is 10.2 Å². The predicted molar refractivity (Wildman–Crippen MR) is 70.9 cm³/mol. The molecule has 0 saturated heterocycles. The summed E-state index contributed by atoms with van der Waals surface area (Å²) in [4.78, 5) is 26.9. The molecule has 0 atom stereocenters. The molecule has 0 radical (unpaired) electrons. The van der Waals surface area contributed by atoms with E-state index >= 15 is 0 Å². The molecule has 3 rings (SSSR count). The van der Waals surface area contributed by atoms with Gasteiger partial charge in [-0.15, -0.1) is 0 Å². The second-order valence-electron chi connectivity index (χ2n) is 4.40. The van der Waals surface area contributed by atoms with Crippen molar-refractivity contribution in [3.05, 3.63) is 41.4 Å². The number of carboxylic acid groups (broad SMARTS) is 1. The van der Waals surface area contributed by atoms with Crippen LogP contribution in [0.4, 0.5) is 0 Å². The van der Waals surface area contributed by atoms with E-state index in [9.17, 15) is 14.7 Å². The predicted octanol–water partition coefficient (Wildman–Crippen LogP) is 1.09. The number of furan rings is 1. The minimum atomic E-state index is -1.20. The molecule has 0 bridgehead atoms. The quantitative estimate of drug-likeness (QED) is 0.742. The van der Waals surface area contributed by atoms with Crippen molar-refractivity contribution in [1.82, 2.24) is 14.6 Å². The van der Waals surface area contributed by atoms with Crippen molar-refractivity contribution in [2.75, 3.05) is 0 Å². The van der Waals surface area contributed by atoms with Crippen LogP contribution < -0.4 is 5.73 Å². The normalized spacial score (nSPS) is 10.9. The van der Waals surface area contributed by atoms with Crippen molar-refractivity contribution < 1.29 is 19.1 Å². The molecule has 0 unspecified atom stereocenters. The molecule has 3 aromatic rings. The van der Waals surface area contributed by atoms with E-state index in [0.29, 0.717) is 11.5 Å². The fourth-order valence-electron chi connectivity index (χ4n) is 1.99. The molecule has 1 amide bonds. The molecule has 0 aliphatic heterocycles. The molecule has 3 N–H and O–H groups in total. The zero-order chi connectivity index (χ0) is 15.1. The first-order chi connectivity index (χ1) is 9.97. The number of hydrogen-bond donors (Lipinski definition) is 2. The van der Waals surface area contributed by atoms with Gasteiger partial charge in [-0.05, 0) is 19.1 Å². The number of aryl methyl sites for hydroxylation is 1. The van der Waals surface area contributed by atoms with E-state index in [-0.39, 0.29) is 22.6 Å². The number of nitrogens with two attached hydrogens (primary N) is 1. The molecule has 0 fully saturated rings. The van der Waals surface area contributed by atoms with Crippen LogP contribution in [-0.2, 0) is 0 Å². The van der Waals surface area contributed by atoms with Gasteiger partial charge in [-0.2, -0.15) is 5.10 Å². The maximum atomic E-state index is 11.4. The second kappa shape index (κ2) is 4.44. The smallest absolute Gasteiger partial charge is 0.354 e. The molecule has 21 heavy (non-hydrogen) atoms. The van der Waals surface area contributed by atoms with E-state index in [1.165, 1.54) is 12.3 Å². The second-order valence-corrected chi connectivity index (χ2v) is 4.40. The summed E-state index contributed by atoms with van der Waals surface area (Å²) in [5, 5.41) is 13.1. The minimum Gasteiger partial charge on any atom is -0.477 e. The highest BCUT2D eigenvalue weighted by atomic mass is 16.4. The maximum Gasteiger partial charge on any atom is 0.354 e. The van der Waals surface area contributed by atoms with E-state index < -0.39 is 11.9 Å². The minimum absolute atomic E-state index is 0.0441.